The first kappa shape index (κ1) is 13.6. The largest absolute Gasteiger partial charge is 0.373 e. The first-order chi connectivity index (χ1) is 9.67. The van der Waals surface area contributed by atoms with Gasteiger partial charge in [-0.3, -0.25) is 0 Å². The van der Waals surface area contributed by atoms with Crippen molar-refractivity contribution in [2.45, 2.75) is 64.7 Å². The summed E-state index contributed by atoms with van der Waals surface area (Å²) in [5.41, 5.74) is 1.10. The molecule has 2 aliphatic rings. The van der Waals surface area contributed by atoms with Gasteiger partial charge in [-0.2, -0.15) is 0 Å². The second kappa shape index (κ2) is 5.56. The molecule has 110 valence electrons. The Morgan fingerprint density at radius 3 is 2.65 bits per heavy atom. The van der Waals surface area contributed by atoms with Crippen LogP contribution in [0.15, 0.2) is 0 Å². The number of nitrogens with zero attached hydrogens (tertiary/aromatic N) is 2. The zero-order valence-electron chi connectivity index (χ0n) is 12.6. The van der Waals surface area contributed by atoms with Gasteiger partial charge in [-0.05, 0) is 39.5 Å². The summed E-state index contributed by atoms with van der Waals surface area (Å²) in [5.74, 6) is 2.71. The lowest BCUT2D eigenvalue weighted by Gasteiger charge is -2.22. The standard InChI is InChI=1S/C15H24N4O/c1-4-7-16-14-9(2)15(18-10(3)17-14)19-12-8-11-5-6-13(12)20-11/h11-13H,4-8H2,1-3H3,(H2,16,17,18,19). The van der Waals surface area contributed by atoms with Gasteiger partial charge in [-0.1, -0.05) is 6.92 Å². The van der Waals surface area contributed by atoms with Crippen LogP contribution in [0.3, 0.4) is 0 Å². The van der Waals surface area contributed by atoms with Crippen molar-refractivity contribution in [1.29, 1.82) is 0 Å². The molecule has 3 rings (SSSR count). The van der Waals surface area contributed by atoms with Gasteiger partial charge in [0, 0.05) is 12.1 Å². The van der Waals surface area contributed by atoms with E-state index in [2.05, 4.69) is 34.4 Å². The van der Waals surface area contributed by atoms with Crippen LogP contribution in [0.5, 0.6) is 0 Å². The first-order valence-electron chi connectivity index (χ1n) is 7.68. The second-order valence-corrected chi connectivity index (χ2v) is 5.88. The molecule has 1 aromatic heterocycles. The van der Waals surface area contributed by atoms with Crippen LogP contribution in [-0.4, -0.2) is 34.8 Å². The fourth-order valence-electron chi connectivity index (χ4n) is 3.15. The average molecular weight is 276 g/mol. The first-order valence-corrected chi connectivity index (χ1v) is 7.68. The summed E-state index contributed by atoms with van der Waals surface area (Å²) >= 11 is 0. The number of fused-ring (bicyclic) bond motifs is 2. The number of aryl methyl sites for hydroxylation is 1. The molecule has 20 heavy (non-hydrogen) atoms. The molecule has 1 aromatic rings. The summed E-state index contributed by atoms with van der Waals surface area (Å²) in [6.07, 6.45) is 5.40. The fourth-order valence-corrected chi connectivity index (χ4v) is 3.15. The van der Waals surface area contributed by atoms with E-state index < -0.39 is 0 Å². The summed E-state index contributed by atoms with van der Waals surface area (Å²) in [4.78, 5) is 9.07. The molecular weight excluding hydrogens is 252 g/mol. The van der Waals surface area contributed by atoms with E-state index in [-0.39, 0.29) is 0 Å². The molecular formula is C15H24N4O. The Bertz CT molecular complexity index is 491. The molecule has 0 aromatic carbocycles. The maximum absolute atomic E-state index is 5.90. The number of aromatic nitrogens is 2. The van der Waals surface area contributed by atoms with Crippen molar-refractivity contribution < 1.29 is 4.74 Å². The number of anilines is 2. The second-order valence-electron chi connectivity index (χ2n) is 5.88. The van der Waals surface area contributed by atoms with E-state index >= 15 is 0 Å². The third-order valence-electron chi connectivity index (χ3n) is 4.23. The van der Waals surface area contributed by atoms with Crippen molar-refractivity contribution >= 4 is 11.6 Å². The Labute approximate surface area is 120 Å². The van der Waals surface area contributed by atoms with Crippen molar-refractivity contribution in [1.82, 2.24) is 9.97 Å². The van der Waals surface area contributed by atoms with Crippen LogP contribution >= 0.6 is 0 Å². The molecule has 2 bridgehead atoms. The summed E-state index contributed by atoms with van der Waals surface area (Å²) in [6, 6.07) is 0.403. The third kappa shape index (κ3) is 2.59. The summed E-state index contributed by atoms with van der Waals surface area (Å²) in [7, 11) is 0. The zero-order valence-corrected chi connectivity index (χ0v) is 12.6. The van der Waals surface area contributed by atoms with E-state index in [1.54, 1.807) is 0 Å². The molecule has 0 amide bonds. The van der Waals surface area contributed by atoms with Crippen LogP contribution in [0.4, 0.5) is 11.6 Å². The molecule has 2 saturated heterocycles. The normalized spacial score (nSPS) is 27.9. The molecule has 0 spiro atoms. The minimum atomic E-state index is 0.363. The topological polar surface area (TPSA) is 59.1 Å². The van der Waals surface area contributed by atoms with Crippen LogP contribution < -0.4 is 10.6 Å². The van der Waals surface area contributed by atoms with Gasteiger partial charge in [0.1, 0.15) is 17.5 Å². The summed E-state index contributed by atoms with van der Waals surface area (Å²) in [5, 5.41) is 6.96. The lowest BCUT2D eigenvalue weighted by molar-refractivity contribution is 0.102. The molecule has 3 heterocycles. The van der Waals surface area contributed by atoms with Gasteiger partial charge in [0.2, 0.25) is 0 Å². The van der Waals surface area contributed by atoms with Crippen molar-refractivity contribution in [3.8, 4) is 0 Å². The van der Waals surface area contributed by atoms with Crippen LogP contribution in [0.25, 0.3) is 0 Å². The van der Waals surface area contributed by atoms with Crippen LogP contribution in [0, 0.1) is 13.8 Å². The molecule has 2 aliphatic heterocycles. The van der Waals surface area contributed by atoms with Crippen LogP contribution in [0.1, 0.15) is 44.0 Å². The molecule has 0 saturated carbocycles. The number of hydrogen-bond acceptors (Lipinski definition) is 5. The lowest BCUT2D eigenvalue weighted by Crippen LogP contribution is -2.31. The minimum Gasteiger partial charge on any atom is -0.373 e. The van der Waals surface area contributed by atoms with Crippen molar-refractivity contribution in [3.05, 3.63) is 11.4 Å². The fraction of sp³-hybridized carbons (Fsp3) is 0.733. The van der Waals surface area contributed by atoms with Crippen LogP contribution in [0.2, 0.25) is 0 Å². The molecule has 0 aliphatic carbocycles. The number of ether oxygens (including phenoxy) is 1. The van der Waals surface area contributed by atoms with E-state index in [1.165, 1.54) is 12.8 Å². The quantitative estimate of drug-likeness (QED) is 0.866. The van der Waals surface area contributed by atoms with Crippen molar-refractivity contribution in [2.24, 2.45) is 0 Å². The van der Waals surface area contributed by atoms with Crippen LogP contribution in [-0.2, 0) is 4.74 Å². The highest BCUT2D eigenvalue weighted by molar-refractivity contribution is 5.57. The number of hydrogen-bond donors (Lipinski definition) is 2. The number of rotatable bonds is 5. The smallest absolute Gasteiger partial charge is 0.135 e. The molecule has 5 heteroatoms. The summed E-state index contributed by atoms with van der Waals surface area (Å²) < 4.78 is 5.90. The van der Waals surface area contributed by atoms with Gasteiger partial charge >= 0.3 is 0 Å². The summed E-state index contributed by atoms with van der Waals surface area (Å²) in [6.45, 7) is 7.11. The Morgan fingerprint density at radius 2 is 2.00 bits per heavy atom. The van der Waals surface area contributed by atoms with Gasteiger partial charge in [0.05, 0.1) is 18.2 Å². The van der Waals surface area contributed by atoms with Gasteiger partial charge < -0.3 is 15.4 Å². The molecule has 3 atom stereocenters. The van der Waals surface area contributed by atoms with E-state index in [4.69, 9.17) is 4.74 Å². The van der Waals surface area contributed by atoms with Gasteiger partial charge in [-0.15, -0.1) is 0 Å². The van der Waals surface area contributed by atoms with Crippen molar-refractivity contribution in [3.63, 3.8) is 0 Å². The average Bonchev–Trinajstić information content (AvgIpc) is 3.03. The van der Waals surface area contributed by atoms with Crippen molar-refractivity contribution in [2.75, 3.05) is 17.2 Å². The minimum absolute atomic E-state index is 0.363. The Balaban J connectivity index is 1.76. The SMILES string of the molecule is CCCNc1nc(C)nc(NC2CC3CCC2O3)c1C. The molecule has 0 radical (unpaired) electrons. The van der Waals surface area contributed by atoms with E-state index in [1.807, 2.05) is 6.92 Å². The van der Waals surface area contributed by atoms with Gasteiger partial charge in [-0.25, -0.2) is 9.97 Å². The predicted molar refractivity (Wildman–Crippen MR) is 80.2 cm³/mol. The molecule has 3 unspecified atom stereocenters. The van der Waals surface area contributed by atoms with E-state index in [9.17, 15) is 0 Å². The highest BCUT2D eigenvalue weighted by Gasteiger charge is 2.41. The lowest BCUT2D eigenvalue weighted by atomic mass is 9.95. The Morgan fingerprint density at radius 1 is 1.20 bits per heavy atom. The highest BCUT2D eigenvalue weighted by atomic mass is 16.5. The third-order valence-corrected chi connectivity index (χ3v) is 4.23. The van der Waals surface area contributed by atoms with Gasteiger partial charge in [0.15, 0.2) is 0 Å². The Kier molecular flexibility index (Phi) is 3.78. The Hall–Kier alpha value is -1.36. The van der Waals surface area contributed by atoms with E-state index in [0.717, 1.165) is 42.4 Å². The zero-order chi connectivity index (χ0) is 14.1. The monoisotopic (exact) mass is 276 g/mol. The number of nitrogens with one attached hydrogen (secondary N) is 2. The van der Waals surface area contributed by atoms with E-state index in [0.29, 0.717) is 18.2 Å². The highest BCUT2D eigenvalue weighted by Crippen LogP contribution is 2.36. The van der Waals surface area contributed by atoms with Gasteiger partial charge in [0.25, 0.3) is 0 Å². The molecule has 2 N–H and O–H groups in total. The molecule has 2 fully saturated rings. The maximum Gasteiger partial charge on any atom is 0.135 e. The predicted octanol–water partition coefficient (Wildman–Crippen LogP) is 2.65. The molecule has 5 nitrogen and oxygen atoms in total. The maximum atomic E-state index is 5.90.